The molecule has 1 N–H and O–H groups in total. The number of nitrogens with one attached hydrogen (secondary N) is 1. The summed E-state index contributed by atoms with van der Waals surface area (Å²) in [5.74, 6) is 1.90. The molecule has 0 spiro atoms. The number of aryl methyl sites for hydroxylation is 3. The van der Waals surface area contributed by atoms with Gasteiger partial charge in [0.25, 0.3) is 5.91 Å². The lowest BCUT2D eigenvalue weighted by atomic mass is 10.2. The van der Waals surface area contributed by atoms with Crippen molar-refractivity contribution in [3.05, 3.63) is 94.2 Å². The van der Waals surface area contributed by atoms with Crippen LogP contribution in [0.5, 0.6) is 5.75 Å². The van der Waals surface area contributed by atoms with Gasteiger partial charge >= 0.3 is 0 Å². The van der Waals surface area contributed by atoms with Crippen molar-refractivity contribution in [3.8, 4) is 5.75 Å². The van der Waals surface area contributed by atoms with E-state index in [-0.39, 0.29) is 5.91 Å². The van der Waals surface area contributed by atoms with Crippen LogP contribution in [0.2, 0.25) is 0 Å². The highest BCUT2D eigenvalue weighted by Crippen LogP contribution is 2.18. The van der Waals surface area contributed by atoms with E-state index in [2.05, 4.69) is 50.9 Å². The summed E-state index contributed by atoms with van der Waals surface area (Å²) >= 11 is 3.39. The molecule has 0 aliphatic heterocycles. The predicted molar refractivity (Wildman–Crippen MR) is 136 cm³/mol. The normalized spacial score (nSPS) is 11.0. The molecular formula is C27H28BrN3O2. The average molecular weight is 506 g/mol. The van der Waals surface area contributed by atoms with E-state index < -0.39 is 0 Å². The van der Waals surface area contributed by atoms with Gasteiger partial charge in [0.05, 0.1) is 17.6 Å². The van der Waals surface area contributed by atoms with Crippen LogP contribution in [0.1, 0.15) is 34.6 Å². The Morgan fingerprint density at radius 2 is 1.85 bits per heavy atom. The Morgan fingerprint density at radius 1 is 1.03 bits per heavy atom. The van der Waals surface area contributed by atoms with E-state index in [0.29, 0.717) is 18.7 Å². The van der Waals surface area contributed by atoms with E-state index >= 15 is 0 Å². The van der Waals surface area contributed by atoms with E-state index in [4.69, 9.17) is 9.72 Å². The predicted octanol–water partition coefficient (Wildman–Crippen LogP) is 5.94. The quantitative estimate of drug-likeness (QED) is 0.271. The van der Waals surface area contributed by atoms with Crippen molar-refractivity contribution in [1.29, 1.82) is 0 Å². The Labute approximate surface area is 202 Å². The second-order valence-electron chi connectivity index (χ2n) is 8.05. The minimum Gasteiger partial charge on any atom is -0.494 e. The second kappa shape index (κ2) is 11.1. The number of ether oxygens (including phenoxy) is 1. The van der Waals surface area contributed by atoms with Gasteiger partial charge in [-0.2, -0.15) is 0 Å². The molecule has 1 aromatic heterocycles. The lowest BCUT2D eigenvalue weighted by Crippen LogP contribution is -2.25. The summed E-state index contributed by atoms with van der Waals surface area (Å²) in [4.78, 5) is 17.2. The molecule has 6 heteroatoms. The molecule has 0 saturated heterocycles. The number of hydrogen-bond acceptors (Lipinski definition) is 3. The van der Waals surface area contributed by atoms with Crippen molar-refractivity contribution in [2.45, 2.75) is 32.7 Å². The number of benzene rings is 3. The maximum Gasteiger partial charge on any atom is 0.251 e. The summed E-state index contributed by atoms with van der Waals surface area (Å²) in [5.41, 5.74) is 4.01. The molecular weight excluding hydrogens is 478 g/mol. The van der Waals surface area contributed by atoms with Gasteiger partial charge in [-0.05, 0) is 73.9 Å². The fourth-order valence-corrected chi connectivity index (χ4v) is 4.10. The number of imidazole rings is 1. The van der Waals surface area contributed by atoms with Crippen molar-refractivity contribution in [2.24, 2.45) is 0 Å². The molecule has 4 aromatic rings. The maximum absolute atomic E-state index is 12.3. The molecule has 0 fully saturated rings. The monoisotopic (exact) mass is 505 g/mol. The van der Waals surface area contributed by atoms with E-state index in [0.717, 1.165) is 52.9 Å². The molecule has 170 valence electrons. The highest BCUT2D eigenvalue weighted by molar-refractivity contribution is 9.10. The maximum atomic E-state index is 12.3. The molecule has 4 rings (SSSR count). The van der Waals surface area contributed by atoms with Crippen LogP contribution in [-0.4, -0.2) is 28.6 Å². The zero-order valence-electron chi connectivity index (χ0n) is 18.8. The van der Waals surface area contributed by atoms with Gasteiger partial charge in [-0.25, -0.2) is 4.98 Å². The lowest BCUT2D eigenvalue weighted by molar-refractivity contribution is 0.0953. The molecule has 0 bridgehead atoms. The van der Waals surface area contributed by atoms with Gasteiger partial charge in [0.1, 0.15) is 11.6 Å². The topological polar surface area (TPSA) is 56.1 Å². The lowest BCUT2D eigenvalue weighted by Gasteiger charge is -2.11. The SMILES string of the molecule is Cc1cccc(OCCCn2c(CCCNC(=O)c3ccc(Br)cc3)nc3ccccc32)c1. The Hall–Kier alpha value is -3.12. The number of fused-ring (bicyclic) bond motifs is 1. The van der Waals surface area contributed by atoms with Crippen LogP contribution in [0.4, 0.5) is 0 Å². The molecule has 0 unspecified atom stereocenters. The van der Waals surface area contributed by atoms with Gasteiger partial charge in [0, 0.05) is 29.5 Å². The number of hydrogen-bond donors (Lipinski definition) is 1. The average Bonchev–Trinajstić information content (AvgIpc) is 3.17. The van der Waals surface area contributed by atoms with Gasteiger partial charge in [0.15, 0.2) is 0 Å². The van der Waals surface area contributed by atoms with Gasteiger partial charge in [-0.1, -0.05) is 40.2 Å². The number of rotatable bonds is 10. The number of nitrogens with zero attached hydrogens (tertiary/aromatic N) is 2. The van der Waals surface area contributed by atoms with Crippen LogP contribution in [0.3, 0.4) is 0 Å². The molecule has 1 amide bonds. The van der Waals surface area contributed by atoms with Crippen molar-refractivity contribution in [2.75, 3.05) is 13.2 Å². The number of halogens is 1. The van der Waals surface area contributed by atoms with Gasteiger partial charge in [0.2, 0.25) is 0 Å². The molecule has 0 saturated carbocycles. The summed E-state index contributed by atoms with van der Waals surface area (Å²) in [7, 11) is 0. The standard InChI is InChI=1S/C27H28BrN3O2/c1-20-7-4-8-23(19-20)33-18-6-17-31-25-10-3-2-9-24(25)30-26(31)11-5-16-29-27(32)21-12-14-22(28)15-13-21/h2-4,7-10,12-15,19H,5-6,11,16-18H2,1H3,(H,29,32). The Kier molecular flexibility index (Phi) is 7.79. The van der Waals surface area contributed by atoms with E-state index in [1.54, 1.807) is 0 Å². The minimum absolute atomic E-state index is 0.0516. The third-order valence-electron chi connectivity index (χ3n) is 5.49. The number of amides is 1. The van der Waals surface area contributed by atoms with Crippen LogP contribution < -0.4 is 10.1 Å². The highest BCUT2D eigenvalue weighted by atomic mass is 79.9. The van der Waals surface area contributed by atoms with Crippen molar-refractivity contribution >= 4 is 32.9 Å². The summed E-state index contributed by atoms with van der Waals surface area (Å²) in [6.07, 6.45) is 2.51. The smallest absolute Gasteiger partial charge is 0.251 e. The first kappa shape index (κ1) is 23.1. The van der Waals surface area contributed by atoms with Crippen molar-refractivity contribution in [1.82, 2.24) is 14.9 Å². The molecule has 3 aromatic carbocycles. The summed E-state index contributed by atoms with van der Waals surface area (Å²) in [6, 6.07) is 23.7. The zero-order chi connectivity index (χ0) is 23.0. The third kappa shape index (κ3) is 6.23. The molecule has 0 aliphatic rings. The second-order valence-corrected chi connectivity index (χ2v) is 8.97. The fraction of sp³-hybridized carbons (Fsp3) is 0.259. The Bertz CT molecular complexity index is 1220. The van der Waals surface area contributed by atoms with Gasteiger partial charge < -0.3 is 14.6 Å². The molecule has 0 radical (unpaired) electrons. The number of carbonyl (C=O) groups is 1. The largest absolute Gasteiger partial charge is 0.494 e. The van der Waals surface area contributed by atoms with Crippen LogP contribution in [0.15, 0.2) is 77.3 Å². The van der Waals surface area contributed by atoms with Crippen LogP contribution in [0.25, 0.3) is 11.0 Å². The summed E-state index contributed by atoms with van der Waals surface area (Å²) < 4.78 is 9.17. The van der Waals surface area contributed by atoms with Crippen LogP contribution in [0, 0.1) is 6.92 Å². The molecule has 5 nitrogen and oxygen atoms in total. The van der Waals surface area contributed by atoms with E-state index in [1.165, 1.54) is 5.56 Å². The van der Waals surface area contributed by atoms with Crippen LogP contribution in [-0.2, 0) is 13.0 Å². The van der Waals surface area contributed by atoms with Gasteiger partial charge in [-0.15, -0.1) is 0 Å². The summed E-state index contributed by atoms with van der Waals surface area (Å²) in [6.45, 7) is 4.16. The first-order valence-electron chi connectivity index (χ1n) is 11.3. The van der Waals surface area contributed by atoms with E-state index in [9.17, 15) is 4.79 Å². The van der Waals surface area contributed by atoms with Crippen molar-refractivity contribution in [3.63, 3.8) is 0 Å². The van der Waals surface area contributed by atoms with Gasteiger partial charge in [-0.3, -0.25) is 4.79 Å². The Balaban J connectivity index is 1.32. The summed E-state index contributed by atoms with van der Waals surface area (Å²) in [5, 5.41) is 3.01. The molecule has 0 aliphatic carbocycles. The fourth-order valence-electron chi connectivity index (χ4n) is 3.84. The number of para-hydroxylation sites is 2. The third-order valence-corrected chi connectivity index (χ3v) is 6.02. The molecule has 33 heavy (non-hydrogen) atoms. The molecule has 1 heterocycles. The number of carbonyl (C=O) groups excluding carboxylic acids is 1. The molecule has 0 atom stereocenters. The minimum atomic E-state index is -0.0516. The zero-order valence-corrected chi connectivity index (χ0v) is 20.3. The Morgan fingerprint density at radius 3 is 2.67 bits per heavy atom. The van der Waals surface area contributed by atoms with Crippen molar-refractivity contribution < 1.29 is 9.53 Å². The first-order valence-corrected chi connectivity index (χ1v) is 12.1. The number of aromatic nitrogens is 2. The first-order chi connectivity index (χ1) is 16.1. The highest BCUT2D eigenvalue weighted by Gasteiger charge is 2.11. The van der Waals surface area contributed by atoms with E-state index in [1.807, 2.05) is 54.6 Å². The van der Waals surface area contributed by atoms with Crippen LogP contribution >= 0.6 is 15.9 Å².